The molecule has 0 amide bonds. The van der Waals surface area contributed by atoms with Gasteiger partial charge in [0, 0.05) is 19.3 Å². The Morgan fingerprint density at radius 1 is 0.655 bits per heavy atom. The summed E-state index contributed by atoms with van der Waals surface area (Å²) < 4.78 is 12.7. The molecule has 2 bridgehead atoms. The number of hydrogen-bond acceptors (Lipinski definition) is 5. The Morgan fingerprint density at radius 3 is 1.55 bits per heavy atom. The number of para-hydroxylation sites is 2. The zero-order chi connectivity index (χ0) is 18.8. The van der Waals surface area contributed by atoms with Crippen LogP contribution in [0.3, 0.4) is 0 Å². The highest BCUT2D eigenvalue weighted by Crippen LogP contribution is 2.38. The average Bonchev–Trinajstić information content (AvgIpc) is 2.76. The van der Waals surface area contributed by atoms with E-state index >= 15 is 0 Å². The van der Waals surface area contributed by atoms with Gasteiger partial charge in [-0.2, -0.15) is 0 Å². The first-order chi connectivity index (χ1) is 13.8. The molecule has 7 heteroatoms. The first-order valence-corrected chi connectivity index (χ1v) is 9.88. The highest BCUT2D eigenvalue weighted by molar-refractivity contribution is 5.34. The first kappa shape index (κ1) is 19.6. The number of hydrogen-bond donors (Lipinski definition) is 0. The molecule has 29 heavy (non-hydrogen) atoms. The van der Waals surface area contributed by atoms with Gasteiger partial charge in [0.25, 0.3) is 0 Å². The summed E-state index contributed by atoms with van der Waals surface area (Å²) in [5, 5.41) is 0. The second-order valence-corrected chi connectivity index (χ2v) is 7.58. The molecule has 3 fully saturated rings. The second-order valence-electron chi connectivity index (χ2n) is 7.58. The van der Waals surface area contributed by atoms with E-state index in [1.165, 1.54) is 19.3 Å². The number of aromatic nitrogens is 3. The van der Waals surface area contributed by atoms with Crippen molar-refractivity contribution in [1.29, 1.82) is 0 Å². The highest BCUT2D eigenvalue weighted by atomic mass is 35.5. The normalized spacial score (nSPS) is 22.6. The maximum atomic E-state index is 5.94. The van der Waals surface area contributed by atoms with E-state index in [-0.39, 0.29) is 24.4 Å². The van der Waals surface area contributed by atoms with Gasteiger partial charge in [-0.25, -0.2) is 0 Å². The molecule has 3 aromatic rings. The van der Waals surface area contributed by atoms with Crippen molar-refractivity contribution in [3.63, 3.8) is 0 Å². The van der Waals surface area contributed by atoms with Crippen molar-refractivity contribution >= 4 is 5.95 Å². The largest absolute Gasteiger partial charge is 1.00 e. The molecule has 4 heterocycles. The summed E-state index contributed by atoms with van der Waals surface area (Å²) in [5.41, 5.74) is 0. The first-order valence-electron chi connectivity index (χ1n) is 9.88. The van der Waals surface area contributed by atoms with Crippen LogP contribution in [0.1, 0.15) is 19.3 Å². The molecule has 3 saturated heterocycles. The fourth-order valence-electron chi connectivity index (χ4n) is 4.18. The standard InChI is InChI=1S/C22H23N4O2.ClH/c1-3-7-18(8-4-1)27-21-23-20(26-14-11-17(12-15-26)13-16-26)24-22(25-21)28-19-9-5-2-6-10-19;/h1-10,17H,11-16H2;1H/q+1;/p-1. The lowest BCUT2D eigenvalue weighted by Crippen LogP contribution is -3.00. The van der Waals surface area contributed by atoms with Gasteiger partial charge in [-0.3, -0.25) is 4.48 Å². The quantitative estimate of drug-likeness (QED) is 0.598. The molecule has 0 N–H and O–H groups in total. The van der Waals surface area contributed by atoms with Crippen molar-refractivity contribution in [2.75, 3.05) is 19.6 Å². The van der Waals surface area contributed by atoms with Crippen LogP contribution in [0.15, 0.2) is 60.7 Å². The van der Waals surface area contributed by atoms with Crippen LogP contribution in [0.4, 0.5) is 5.95 Å². The third-order valence-corrected chi connectivity index (χ3v) is 5.81. The summed E-state index contributed by atoms with van der Waals surface area (Å²) in [6.45, 7) is 3.22. The number of quaternary nitrogens is 1. The fourth-order valence-corrected chi connectivity index (χ4v) is 4.18. The van der Waals surface area contributed by atoms with Crippen LogP contribution in [0.5, 0.6) is 23.5 Å². The Bertz CT molecular complexity index is 874. The zero-order valence-corrected chi connectivity index (χ0v) is 16.8. The van der Waals surface area contributed by atoms with E-state index in [0.29, 0.717) is 11.5 Å². The molecule has 1 aromatic heterocycles. The molecule has 3 aliphatic heterocycles. The predicted octanol–water partition coefficient (Wildman–Crippen LogP) is 1.58. The minimum atomic E-state index is 0. The Balaban J connectivity index is 0.00000205. The number of rotatable bonds is 5. The van der Waals surface area contributed by atoms with E-state index in [2.05, 4.69) is 4.98 Å². The summed E-state index contributed by atoms with van der Waals surface area (Å²) in [5.74, 6) is 3.01. The number of halogens is 1. The summed E-state index contributed by atoms with van der Waals surface area (Å²) in [4.78, 5) is 13.8. The van der Waals surface area contributed by atoms with E-state index in [9.17, 15) is 0 Å². The van der Waals surface area contributed by atoms with Crippen LogP contribution in [0, 0.1) is 5.92 Å². The van der Waals surface area contributed by atoms with Crippen molar-refractivity contribution in [3.05, 3.63) is 60.7 Å². The van der Waals surface area contributed by atoms with Gasteiger partial charge in [0.2, 0.25) is 0 Å². The molecule has 6 rings (SSSR count). The molecular weight excluding hydrogens is 388 g/mol. The van der Waals surface area contributed by atoms with E-state index in [0.717, 1.165) is 36.0 Å². The average molecular weight is 411 g/mol. The number of benzene rings is 2. The zero-order valence-electron chi connectivity index (χ0n) is 16.1. The monoisotopic (exact) mass is 410 g/mol. The smallest absolute Gasteiger partial charge is 0.338 e. The lowest BCUT2D eigenvalue weighted by Gasteiger charge is -2.46. The molecule has 0 saturated carbocycles. The van der Waals surface area contributed by atoms with Gasteiger partial charge in [0.15, 0.2) is 0 Å². The molecular formula is C22H23ClN4O2. The third kappa shape index (κ3) is 4.18. The van der Waals surface area contributed by atoms with Crippen LogP contribution < -0.4 is 26.4 Å². The van der Waals surface area contributed by atoms with Crippen molar-refractivity contribution in [3.8, 4) is 23.5 Å². The van der Waals surface area contributed by atoms with Gasteiger partial charge in [-0.1, -0.05) is 36.4 Å². The van der Waals surface area contributed by atoms with Crippen LogP contribution in [0.2, 0.25) is 0 Å². The van der Waals surface area contributed by atoms with E-state index in [1.54, 1.807) is 0 Å². The molecule has 0 aliphatic carbocycles. The molecule has 150 valence electrons. The molecule has 0 unspecified atom stereocenters. The molecule has 0 radical (unpaired) electrons. The molecule has 3 aliphatic rings. The van der Waals surface area contributed by atoms with Crippen molar-refractivity contribution in [2.45, 2.75) is 19.3 Å². The summed E-state index contributed by atoms with van der Waals surface area (Å²) in [6, 6.07) is 19.7. The Hall–Kier alpha value is -2.70. The predicted molar refractivity (Wildman–Crippen MR) is 107 cm³/mol. The van der Waals surface area contributed by atoms with Gasteiger partial charge in [-0.15, -0.1) is 15.0 Å². The fraction of sp³-hybridized carbons (Fsp3) is 0.318. The maximum Gasteiger partial charge on any atom is 0.338 e. The number of fused-ring (bicyclic) bond motifs is 3. The van der Waals surface area contributed by atoms with Crippen molar-refractivity contribution in [1.82, 2.24) is 19.4 Å². The number of nitrogens with zero attached hydrogens (tertiary/aromatic N) is 4. The van der Waals surface area contributed by atoms with E-state index < -0.39 is 0 Å². The van der Waals surface area contributed by atoms with Gasteiger partial charge in [-0.05, 0) is 30.2 Å². The minimum Gasteiger partial charge on any atom is -1.00 e. The SMILES string of the molecule is [Cl-].c1ccc(Oc2nc(Oc3ccccc3)nc([N+]34CCC(CC3)CC4)n2)cc1. The molecule has 0 spiro atoms. The molecule has 2 aromatic carbocycles. The second kappa shape index (κ2) is 8.35. The third-order valence-electron chi connectivity index (χ3n) is 5.81. The van der Waals surface area contributed by atoms with Gasteiger partial charge < -0.3 is 21.9 Å². The number of ether oxygens (including phenoxy) is 2. The van der Waals surface area contributed by atoms with Crippen LogP contribution in [-0.2, 0) is 0 Å². The van der Waals surface area contributed by atoms with Crippen molar-refractivity contribution < 1.29 is 21.9 Å². The van der Waals surface area contributed by atoms with Gasteiger partial charge in [0.1, 0.15) is 11.5 Å². The van der Waals surface area contributed by atoms with Gasteiger partial charge in [0.05, 0.1) is 19.6 Å². The Labute approximate surface area is 176 Å². The molecule has 6 nitrogen and oxygen atoms in total. The van der Waals surface area contributed by atoms with E-state index in [1.807, 2.05) is 60.7 Å². The summed E-state index contributed by atoms with van der Waals surface area (Å²) in [7, 11) is 0. The van der Waals surface area contributed by atoms with E-state index in [4.69, 9.17) is 19.4 Å². The number of piperidine rings is 3. The van der Waals surface area contributed by atoms with Crippen molar-refractivity contribution in [2.24, 2.45) is 5.92 Å². The maximum absolute atomic E-state index is 5.94. The lowest BCUT2D eigenvalue weighted by atomic mass is 9.86. The minimum absolute atomic E-state index is 0. The summed E-state index contributed by atoms with van der Waals surface area (Å²) in [6.07, 6.45) is 3.69. The summed E-state index contributed by atoms with van der Waals surface area (Å²) >= 11 is 0. The van der Waals surface area contributed by atoms with Crippen LogP contribution in [-0.4, -0.2) is 34.6 Å². The molecule has 0 atom stereocenters. The Kier molecular flexibility index (Phi) is 5.65. The lowest BCUT2D eigenvalue weighted by molar-refractivity contribution is -0.00000748. The Morgan fingerprint density at radius 2 is 1.10 bits per heavy atom. The van der Waals surface area contributed by atoms with Gasteiger partial charge >= 0.3 is 18.0 Å². The highest BCUT2D eigenvalue weighted by Gasteiger charge is 2.44. The van der Waals surface area contributed by atoms with Crippen LogP contribution >= 0.6 is 0 Å². The van der Waals surface area contributed by atoms with Crippen LogP contribution in [0.25, 0.3) is 0 Å². The topological polar surface area (TPSA) is 57.1 Å².